The lowest BCUT2D eigenvalue weighted by Crippen LogP contribution is -2.36. The van der Waals surface area contributed by atoms with Gasteiger partial charge in [0, 0.05) is 38.8 Å². The van der Waals surface area contributed by atoms with Gasteiger partial charge in [-0.05, 0) is 61.2 Å². The molecular formula is C26H38IN5O. The Morgan fingerprint density at radius 1 is 0.939 bits per heavy atom. The first-order valence-corrected chi connectivity index (χ1v) is 11.8. The van der Waals surface area contributed by atoms with Crippen LogP contribution in [0.4, 0.5) is 5.69 Å². The number of nitrogens with one attached hydrogen (secondary N) is 3. The van der Waals surface area contributed by atoms with E-state index in [1.165, 1.54) is 43.5 Å². The Kier molecular flexibility index (Phi) is 12.2. The highest BCUT2D eigenvalue weighted by Crippen LogP contribution is 2.14. The van der Waals surface area contributed by atoms with E-state index >= 15 is 0 Å². The van der Waals surface area contributed by atoms with E-state index in [9.17, 15) is 4.79 Å². The van der Waals surface area contributed by atoms with Crippen molar-refractivity contribution in [3.63, 3.8) is 0 Å². The molecule has 0 aromatic heterocycles. The molecule has 0 saturated carbocycles. The number of hydrogen-bond acceptors (Lipinski definition) is 3. The van der Waals surface area contributed by atoms with E-state index in [0.717, 1.165) is 36.7 Å². The average Bonchev–Trinajstić information content (AvgIpc) is 2.81. The molecule has 0 spiro atoms. The third kappa shape index (κ3) is 9.71. The van der Waals surface area contributed by atoms with Gasteiger partial charge in [0.25, 0.3) is 0 Å². The van der Waals surface area contributed by atoms with Crippen molar-refractivity contribution in [1.82, 2.24) is 15.5 Å². The van der Waals surface area contributed by atoms with Gasteiger partial charge in [0.1, 0.15) is 0 Å². The molecule has 3 N–H and O–H groups in total. The normalized spacial score (nSPS) is 14.3. The second kappa shape index (κ2) is 14.9. The first-order valence-electron chi connectivity index (χ1n) is 11.8. The van der Waals surface area contributed by atoms with Crippen molar-refractivity contribution in [3.05, 3.63) is 65.2 Å². The summed E-state index contributed by atoms with van der Waals surface area (Å²) in [6.45, 7) is 6.85. The molecule has 33 heavy (non-hydrogen) atoms. The van der Waals surface area contributed by atoms with Gasteiger partial charge in [-0.25, -0.2) is 0 Å². The molecular weight excluding hydrogens is 525 g/mol. The number of anilines is 1. The molecule has 1 heterocycles. The van der Waals surface area contributed by atoms with E-state index in [4.69, 9.17) is 0 Å². The average molecular weight is 564 g/mol. The minimum absolute atomic E-state index is 0. The van der Waals surface area contributed by atoms with Gasteiger partial charge in [-0.3, -0.25) is 14.7 Å². The third-order valence-corrected chi connectivity index (χ3v) is 5.71. The number of amides is 1. The van der Waals surface area contributed by atoms with Crippen molar-refractivity contribution < 1.29 is 4.79 Å². The van der Waals surface area contributed by atoms with Crippen LogP contribution < -0.4 is 16.0 Å². The molecule has 1 aliphatic rings. The van der Waals surface area contributed by atoms with Crippen LogP contribution in [0, 0.1) is 0 Å². The fourth-order valence-electron chi connectivity index (χ4n) is 3.94. The molecule has 1 fully saturated rings. The zero-order valence-electron chi connectivity index (χ0n) is 19.9. The molecule has 7 heteroatoms. The summed E-state index contributed by atoms with van der Waals surface area (Å²) < 4.78 is 0. The maximum atomic E-state index is 11.8. The van der Waals surface area contributed by atoms with E-state index in [1.54, 1.807) is 7.05 Å². The summed E-state index contributed by atoms with van der Waals surface area (Å²) in [4.78, 5) is 18.7. The van der Waals surface area contributed by atoms with Crippen LogP contribution in [-0.2, 0) is 24.4 Å². The number of guanidine groups is 1. The van der Waals surface area contributed by atoms with Gasteiger partial charge in [-0.15, -0.1) is 24.0 Å². The molecule has 1 amide bonds. The van der Waals surface area contributed by atoms with E-state index < -0.39 is 0 Å². The van der Waals surface area contributed by atoms with Gasteiger partial charge in [0.15, 0.2) is 5.96 Å². The lowest BCUT2D eigenvalue weighted by molar-refractivity contribution is -0.116. The van der Waals surface area contributed by atoms with E-state index in [-0.39, 0.29) is 29.9 Å². The summed E-state index contributed by atoms with van der Waals surface area (Å²) in [6.07, 6.45) is 5.41. The second-order valence-corrected chi connectivity index (χ2v) is 8.43. The van der Waals surface area contributed by atoms with E-state index in [0.29, 0.717) is 13.0 Å². The number of carbonyl (C=O) groups is 1. The molecule has 0 bridgehead atoms. The Morgan fingerprint density at radius 3 is 2.27 bits per heavy atom. The summed E-state index contributed by atoms with van der Waals surface area (Å²) in [5, 5.41) is 9.67. The van der Waals surface area contributed by atoms with Crippen molar-refractivity contribution in [2.75, 3.05) is 25.5 Å². The summed E-state index contributed by atoms with van der Waals surface area (Å²) in [6, 6.07) is 16.8. The molecule has 3 rings (SSSR count). The number of carbonyl (C=O) groups excluding carboxylic acids is 1. The van der Waals surface area contributed by atoms with Gasteiger partial charge >= 0.3 is 0 Å². The largest absolute Gasteiger partial charge is 0.352 e. The van der Waals surface area contributed by atoms with E-state index in [1.807, 2.05) is 31.2 Å². The number of halogens is 1. The fourth-order valence-corrected chi connectivity index (χ4v) is 3.94. The minimum atomic E-state index is 0. The number of hydrogen-bond donors (Lipinski definition) is 3. The number of rotatable bonds is 9. The lowest BCUT2D eigenvalue weighted by atomic mass is 10.1. The molecule has 0 unspecified atom stereocenters. The number of likely N-dealkylation sites (tertiary alicyclic amines) is 1. The summed E-state index contributed by atoms with van der Waals surface area (Å²) in [5.41, 5.74) is 4.53. The molecule has 0 atom stereocenters. The molecule has 2 aromatic rings. The van der Waals surface area contributed by atoms with Gasteiger partial charge < -0.3 is 16.0 Å². The first kappa shape index (κ1) is 27.1. The highest BCUT2D eigenvalue weighted by molar-refractivity contribution is 14.0. The van der Waals surface area contributed by atoms with Crippen molar-refractivity contribution in [2.24, 2.45) is 4.99 Å². The predicted octanol–water partition coefficient (Wildman–Crippen LogP) is 4.89. The second-order valence-electron chi connectivity index (χ2n) is 8.43. The van der Waals surface area contributed by atoms with Gasteiger partial charge in [-0.1, -0.05) is 49.7 Å². The maximum Gasteiger partial charge on any atom is 0.224 e. The maximum absolute atomic E-state index is 11.8. The number of aliphatic imine (C=N–C) groups is 1. The standard InChI is InChI=1S/C26H37N5O.HI/c1-3-8-25(32)30-24-10-7-9-23(17-24)19-29-26(27-2)28-18-21-11-13-22(14-12-21)20-31-15-5-4-6-16-31;/h7,9-14,17H,3-6,8,15-16,18-20H2,1-2H3,(H,30,32)(H2,27,28,29);1H. The van der Waals surface area contributed by atoms with Crippen LogP contribution in [0.1, 0.15) is 55.7 Å². The Balaban J connectivity index is 0.00000385. The van der Waals surface area contributed by atoms with Crippen molar-refractivity contribution in [2.45, 2.75) is 58.7 Å². The Bertz CT molecular complexity index is 879. The van der Waals surface area contributed by atoms with E-state index in [2.05, 4.69) is 50.1 Å². The monoisotopic (exact) mass is 563 g/mol. The molecule has 2 aromatic carbocycles. The summed E-state index contributed by atoms with van der Waals surface area (Å²) in [5.74, 6) is 0.805. The number of benzene rings is 2. The Hall–Kier alpha value is -2.13. The SMILES string of the molecule is CCCC(=O)Nc1cccc(CNC(=NC)NCc2ccc(CN3CCCCC3)cc2)c1.I. The molecule has 1 aliphatic heterocycles. The van der Waals surface area contributed by atoms with Crippen LogP contribution in [0.2, 0.25) is 0 Å². The molecule has 0 radical (unpaired) electrons. The van der Waals surface area contributed by atoms with Gasteiger partial charge in [0.05, 0.1) is 0 Å². The first-order chi connectivity index (χ1) is 15.7. The lowest BCUT2D eigenvalue weighted by Gasteiger charge is -2.26. The van der Waals surface area contributed by atoms with Crippen LogP contribution in [-0.4, -0.2) is 36.9 Å². The van der Waals surface area contributed by atoms with Crippen LogP contribution in [0.15, 0.2) is 53.5 Å². The minimum Gasteiger partial charge on any atom is -0.352 e. The van der Waals surface area contributed by atoms with Gasteiger partial charge in [0.2, 0.25) is 5.91 Å². The quantitative estimate of drug-likeness (QED) is 0.231. The number of piperidine rings is 1. The zero-order valence-corrected chi connectivity index (χ0v) is 22.2. The van der Waals surface area contributed by atoms with Crippen LogP contribution in [0.5, 0.6) is 0 Å². The van der Waals surface area contributed by atoms with Crippen LogP contribution in [0.25, 0.3) is 0 Å². The highest BCUT2D eigenvalue weighted by atomic mass is 127. The predicted molar refractivity (Wildman–Crippen MR) is 148 cm³/mol. The summed E-state index contributed by atoms with van der Waals surface area (Å²) >= 11 is 0. The smallest absolute Gasteiger partial charge is 0.224 e. The topological polar surface area (TPSA) is 68.8 Å². The molecule has 6 nitrogen and oxygen atoms in total. The Labute approximate surface area is 215 Å². The van der Waals surface area contributed by atoms with Crippen molar-refractivity contribution in [1.29, 1.82) is 0 Å². The van der Waals surface area contributed by atoms with Gasteiger partial charge in [-0.2, -0.15) is 0 Å². The molecule has 0 aliphatic carbocycles. The zero-order chi connectivity index (χ0) is 22.6. The van der Waals surface area contributed by atoms with Crippen molar-refractivity contribution >= 4 is 41.5 Å². The molecule has 1 saturated heterocycles. The van der Waals surface area contributed by atoms with Crippen LogP contribution >= 0.6 is 24.0 Å². The summed E-state index contributed by atoms with van der Waals surface area (Å²) in [7, 11) is 1.78. The fraction of sp³-hybridized carbons (Fsp3) is 0.462. The van der Waals surface area contributed by atoms with Crippen molar-refractivity contribution in [3.8, 4) is 0 Å². The van der Waals surface area contributed by atoms with Crippen LogP contribution in [0.3, 0.4) is 0 Å². The molecule has 180 valence electrons. The Morgan fingerprint density at radius 2 is 1.61 bits per heavy atom. The number of nitrogens with zero attached hydrogens (tertiary/aromatic N) is 2. The highest BCUT2D eigenvalue weighted by Gasteiger charge is 2.10. The third-order valence-electron chi connectivity index (χ3n) is 5.71.